The third-order valence-electron chi connectivity index (χ3n) is 3.56. The van der Waals surface area contributed by atoms with Gasteiger partial charge in [-0.25, -0.2) is 4.79 Å². The summed E-state index contributed by atoms with van der Waals surface area (Å²) in [5.74, 6) is -0.345. The summed E-state index contributed by atoms with van der Waals surface area (Å²) in [5.41, 5.74) is 7.55. The molecule has 1 heterocycles. The highest BCUT2D eigenvalue weighted by Gasteiger charge is 2.17. The van der Waals surface area contributed by atoms with Gasteiger partial charge in [-0.05, 0) is 37.0 Å². The molecule has 0 bridgehead atoms. The lowest BCUT2D eigenvalue weighted by molar-refractivity contribution is 0.0684. The standard InChI is InChI=1S/C14H20N2O3/c1-16(9-10-4-6-19-7-5-10)13-3-2-11(14(17)18)8-12(13)15/h2-3,8,10H,4-7,9,15H2,1H3,(H,17,18). The van der Waals surface area contributed by atoms with E-state index in [9.17, 15) is 4.79 Å². The number of rotatable bonds is 4. The first-order valence-electron chi connectivity index (χ1n) is 6.49. The van der Waals surface area contributed by atoms with Crippen molar-refractivity contribution >= 4 is 17.3 Å². The smallest absolute Gasteiger partial charge is 0.335 e. The Morgan fingerprint density at radius 2 is 2.16 bits per heavy atom. The summed E-state index contributed by atoms with van der Waals surface area (Å²) in [4.78, 5) is 13.0. The molecular formula is C14H20N2O3. The van der Waals surface area contributed by atoms with Crippen LogP contribution in [0.15, 0.2) is 18.2 Å². The van der Waals surface area contributed by atoms with Crippen molar-refractivity contribution in [2.45, 2.75) is 12.8 Å². The van der Waals surface area contributed by atoms with Crippen LogP contribution in [-0.4, -0.2) is 37.9 Å². The van der Waals surface area contributed by atoms with Crippen molar-refractivity contribution in [3.8, 4) is 0 Å². The van der Waals surface area contributed by atoms with E-state index >= 15 is 0 Å². The molecule has 1 aromatic carbocycles. The quantitative estimate of drug-likeness (QED) is 0.811. The van der Waals surface area contributed by atoms with Crippen molar-refractivity contribution in [1.82, 2.24) is 0 Å². The van der Waals surface area contributed by atoms with Crippen LogP contribution in [0.3, 0.4) is 0 Å². The number of anilines is 2. The van der Waals surface area contributed by atoms with Crippen molar-refractivity contribution in [3.05, 3.63) is 23.8 Å². The Morgan fingerprint density at radius 3 is 2.74 bits per heavy atom. The number of carbonyl (C=O) groups is 1. The number of benzene rings is 1. The Balaban J connectivity index is 2.05. The largest absolute Gasteiger partial charge is 0.478 e. The summed E-state index contributed by atoms with van der Waals surface area (Å²) in [6.07, 6.45) is 2.13. The number of hydrogen-bond donors (Lipinski definition) is 2. The molecule has 1 aromatic rings. The van der Waals surface area contributed by atoms with Gasteiger partial charge in [0.1, 0.15) is 0 Å². The van der Waals surface area contributed by atoms with Crippen LogP contribution in [0.2, 0.25) is 0 Å². The molecule has 0 atom stereocenters. The van der Waals surface area contributed by atoms with Crippen molar-refractivity contribution < 1.29 is 14.6 Å². The first-order valence-corrected chi connectivity index (χ1v) is 6.49. The van der Waals surface area contributed by atoms with E-state index in [1.54, 1.807) is 12.1 Å². The maximum atomic E-state index is 10.9. The minimum absolute atomic E-state index is 0.223. The molecule has 5 nitrogen and oxygen atoms in total. The molecule has 3 N–H and O–H groups in total. The number of aromatic carboxylic acids is 1. The van der Waals surface area contributed by atoms with Gasteiger partial charge in [-0.3, -0.25) is 0 Å². The lowest BCUT2D eigenvalue weighted by Gasteiger charge is -2.29. The molecule has 1 saturated heterocycles. The Labute approximate surface area is 113 Å². The molecule has 0 unspecified atom stereocenters. The van der Waals surface area contributed by atoms with Gasteiger partial charge in [-0.15, -0.1) is 0 Å². The molecule has 2 rings (SSSR count). The van der Waals surface area contributed by atoms with Crippen molar-refractivity contribution in [1.29, 1.82) is 0 Å². The van der Waals surface area contributed by atoms with E-state index in [1.807, 2.05) is 7.05 Å². The lowest BCUT2D eigenvalue weighted by Crippen LogP contribution is -2.30. The summed E-state index contributed by atoms with van der Waals surface area (Å²) in [7, 11) is 1.99. The molecule has 0 spiro atoms. The number of carboxylic acids is 1. The highest BCUT2D eigenvalue weighted by molar-refractivity contribution is 5.90. The van der Waals surface area contributed by atoms with Crippen LogP contribution in [0.4, 0.5) is 11.4 Å². The van der Waals surface area contributed by atoms with Gasteiger partial charge in [-0.2, -0.15) is 0 Å². The number of nitrogens with zero attached hydrogens (tertiary/aromatic N) is 1. The summed E-state index contributed by atoms with van der Waals surface area (Å²) >= 11 is 0. The average molecular weight is 264 g/mol. The van der Waals surface area contributed by atoms with Crippen molar-refractivity contribution in [2.24, 2.45) is 5.92 Å². The molecule has 1 fully saturated rings. The molecule has 0 radical (unpaired) electrons. The normalized spacial score (nSPS) is 16.3. The van der Waals surface area contributed by atoms with E-state index in [-0.39, 0.29) is 5.56 Å². The maximum absolute atomic E-state index is 10.9. The molecule has 0 aromatic heterocycles. The Morgan fingerprint density at radius 1 is 1.47 bits per heavy atom. The summed E-state index contributed by atoms with van der Waals surface area (Å²) in [6.45, 7) is 2.57. The predicted octanol–water partition coefficient (Wildman–Crippen LogP) is 1.83. The molecule has 1 aliphatic heterocycles. The van der Waals surface area contributed by atoms with Crippen LogP contribution in [0.5, 0.6) is 0 Å². The topological polar surface area (TPSA) is 75.8 Å². The van der Waals surface area contributed by atoms with Gasteiger partial charge in [0.05, 0.1) is 16.9 Å². The second kappa shape index (κ2) is 5.93. The zero-order valence-electron chi connectivity index (χ0n) is 11.1. The third kappa shape index (κ3) is 3.38. The zero-order valence-corrected chi connectivity index (χ0v) is 11.1. The van der Waals surface area contributed by atoms with Crippen molar-refractivity contribution in [3.63, 3.8) is 0 Å². The minimum atomic E-state index is -0.953. The van der Waals surface area contributed by atoms with E-state index < -0.39 is 5.97 Å². The molecule has 5 heteroatoms. The number of hydrogen-bond acceptors (Lipinski definition) is 4. The van der Waals surface area contributed by atoms with E-state index in [4.69, 9.17) is 15.6 Å². The van der Waals surface area contributed by atoms with Crippen LogP contribution < -0.4 is 10.6 Å². The zero-order chi connectivity index (χ0) is 13.8. The third-order valence-corrected chi connectivity index (χ3v) is 3.56. The van der Waals surface area contributed by atoms with E-state index in [2.05, 4.69) is 4.90 Å². The van der Waals surface area contributed by atoms with Crippen LogP contribution in [-0.2, 0) is 4.74 Å². The van der Waals surface area contributed by atoms with E-state index in [0.717, 1.165) is 38.3 Å². The number of ether oxygens (including phenoxy) is 1. The Bertz CT molecular complexity index is 456. The summed E-state index contributed by atoms with van der Waals surface area (Å²) in [6, 6.07) is 4.88. The second-order valence-electron chi connectivity index (χ2n) is 5.02. The van der Waals surface area contributed by atoms with E-state index in [1.165, 1.54) is 6.07 Å². The van der Waals surface area contributed by atoms with Gasteiger partial charge in [0.2, 0.25) is 0 Å². The monoisotopic (exact) mass is 264 g/mol. The number of nitrogens with two attached hydrogens (primary N) is 1. The molecule has 0 aliphatic carbocycles. The Hall–Kier alpha value is -1.75. The fraction of sp³-hybridized carbons (Fsp3) is 0.500. The van der Waals surface area contributed by atoms with Crippen LogP contribution in [0.25, 0.3) is 0 Å². The van der Waals surface area contributed by atoms with Gasteiger partial charge in [0.15, 0.2) is 0 Å². The molecule has 19 heavy (non-hydrogen) atoms. The molecule has 1 aliphatic rings. The molecule has 0 amide bonds. The minimum Gasteiger partial charge on any atom is -0.478 e. The lowest BCUT2D eigenvalue weighted by atomic mass is 9.99. The second-order valence-corrected chi connectivity index (χ2v) is 5.02. The summed E-state index contributed by atoms with van der Waals surface area (Å²) < 4.78 is 5.34. The van der Waals surface area contributed by atoms with Crippen LogP contribution in [0.1, 0.15) is 23.2 Å². The highest BCUT2D eigenvalue weighted by atomic mass is 16.5. The summed E-state index contributed by atoms with van der Waals surface area (Å²) in [5, 5.41) is 8.92. The Kier molecular flexibility index (Phi) is 4.27. The van der Waals surface area contributed by atoms with Gasteiger partial charge in [-0.1, -0.05) is 0 Å². The van der Waals surface area contributed by atoms with E-state index in [0.29, 0.717) is 11.6 Å². The van der Waals surface area contributed by atoms with Crippen LogP contribution in [0, 0.1) is 5.92 Å². The highest BCUT2D eigenvalue weighted by Crippen LogP contribution is 2.26. The number of nitrogen functional groups attached to an aromatic ring is 1. The maximum Gasteiger partial charge on any atom is 0.335 e. The van der Waals surface area contributed by atoms with Gasteiger partial charge < -0.3 is 20.5 Å². The predicted molar refractivity (Wildman–Crippen MR) is 74.6 cm³/mol. The fourth-order valence-electron chi connectivity index (χ4n) is 2.45. The van der Waals surface area contributed by atoms with Gasteiger partial charge >= 0.3 is 5.97 Å². The fourth-order valence-corrected chi connectivity index (χ4v) is 2.45. The SMILES string of the molecule is CN(CC1CCOCC1)c1ccc(C(=O)O)cc1N. The van der Waals surface area contributed by atoms with Crippen molar-refractivity contribution in [2.75, 3.05) is 37.4 Å². The average Bonchev–Trinajstić information content (AvgIpc) is 2.39. The van der Waals surface area contributed by atoms with Gasteiger partial charge in [0, 0.05) is 26.8 Å². The first kappa shape index (κ1) is 13.7. The first-order chi connectivity index (χ1) is 9.08. The molecular weight excluding hydrogens is 244 g/mol. The molecule has 0 saturated carbocycles. The van der Waals surface area contributed by atoms with Gasteiger partial charge in [0.25, 0.3) is 0 Å². The number of carboxylic acid groups (broad SMARTS) is 1. The van der Waals surface area contributed by atoms with Crippen LogP contribution >= 0.6 is 0 Å². The molecule has 104 valence electrons.